The van der Waals surface area contributed by atoms with E-state index in [4.69, 9.17) is 14.2 Å². The van der Waals surface area contributed by atoms with Crippen LogP contribution < -0.4 is 31.9 Å². The van der Waals surface area contributed by atoms with Gasteiger partial charge >= 0.3 is 0 Å². The normalized spacial score (nSPS) is 17.3. The second-order valence-corrected chi connectivity index (χ2v) is 15.5. The van der Waals surface area contributed by atoms with Gasteiger partial charge in [-0.25, -0.2) is 0 Å². The predicted molar refractivity (Wildman–Crippen MR) is 244 cm³/mol. The molecule has 0 aliphatic carbocycles. The van der Waals surface area contributed by atoms with Crippen LogP contribution in [0.15, 0.2) is 91.0 Å². The minimum absolute atomic E-state index is 0.130. The summed E-state index contributed by atoms with van der Waals surface area (Å²) >= 11 is 0. The van der Waals surface area contributed by atoms with Crippen LogP contribution in [0.3, 0.4) is 0 Å². The number of nitrogens with zero attached hydrogens (tertiary/aromatic N) is 1. The summed E-state index contributed by atoms with van der Waals surface area (Å²) in [4.78, 5) is 63.6. The first-order valence-electron chi connectivity index (χ1n) is 21.7. The number of imide groups is 1. The summed E-state index contributed by atoms with van der Waals surface area (Å²) < 4.78 is 16.9. The van der Waals surface area contributed by atoms with Crippen LogP contribution in [-0.4, -0.2) is 98.3 Å². The second-order valence-electron chi connectivity index (χ2n) is 15.5. The van der Waals surface area contributed by atoms with Gasteiger partial charge in [-0.3, -0.25) is 34.2 Å². The van der Waals surface area contributed by atoms with Crippen molar-refractivity contribution in [2.24, 2.45) is 0 Å². The highest BCUT2D eigenvalue weighted by Crippen LogP contribution is 2.40. The lowest BCUT2D eigenvalue weighted by molar-refractivity contribution is -0.142. The number of amides is 5. The van der Waals surface area contributed by atoms with Crippen molar-refractivity contribution in [1.29, 1.82) is 0 Å². The highest BCUT2D eigenvalue weighted by atomic mass is 16.5. The Morgan fingerprint density at radius 1 is 0.846 bits per heavy atom. The monoisotopic (exact) mass is 883 g/mol. The molecule has 0 radical (unpaired) electrons. The van der Waals surface area contributed by atoms with E-state index in [1.54, 1.807) is 35.2 Å². The molecule has 3 aliphatic rings. The van der Waals surface area contributed by atoms with Gasteiger partial charge in [0.1, 0.15) is 6.23 Å². The van der Waals surface area contributed by atoms with Crippen LogP contribution in [0.2, 0.25) is 0 Å². The first-order chi connectivity index (χ1) is 31.7. The van der Waals surface area contributed by atoms with Crippen LogP contribution in [0.1, 0.15) is 65.8 Å². The Morgan fingerprint density at radius 3 is 2.35 bits per heavy atom. The van der Waals surface area contributed by atoms with Crippen molar-refractivity contribution in [2.75, 3.05) is 68.7 Å². The molecule has 7 N–H and O–H groups in total. The molecule has 338 valence electrons. The molecule has 65 heavy (non-hydrogen) atoms. The standard InChI is InChI=1S/C49H53N7O9/c1-2-51-42(57)19-14-32-13-17-37-40(29-32)54-48(61)45(37)46(34-7-4-3-5-8-34)52-35-15-11-33(12-16-35)30-50-22-24-64-26-28-65-27-25-63-23-21-44(59)53-39-10-6-9-36-38(39)31-56(49(36)62)41-18-20-43(58)55-47(41)60/h3-13,15-17,29,41,49-50,52,62H,2,18,20-28,30-31H2,1H3,(H,51,57)(H,53,59)(H,54,61)(H,55,58,60)/b46-45-. The molecule has 0 saturated carbocycles. The van der Waals surface area contributed by atoms with E-state index in [-0.39, 0.29) is 49.6 Å². The Kier molecular flexibility index (Phi) is 16.2. The van der Waals surface area contributed by atoms with Crippen LogP contribution >= 0.6 is 0 Å². The number of fused-ring (bicyclic) bond motifs is 2. The minimum Gasteiger partial charge on any atom is -0.379 e. The molecule has 2 unspecified atom stereocenters. The Labute approximate surface area is 377 Å². The maximum absolute atomic E-state index is 13.4. The number of anilines is 3. The number of hydrogen-bond donors (Lipinski definition) is 7. The lowest BCUT2D eigenvalue weighted by atomic mass is 9.99. The zero-order valence-corrected chi connectivity index (χ0v) is 36.2. The number of nitrogens with one attached hydrogen (secondary N) is 6. The number of carbonyl (C=O) groups excluding carboxylic acids is 5. The number of hydrogen-bond acceptors (Lipinski definition) is 12. The summed E-state index contributed by atoms with van der Waals surface area (Å²) in [7, 11) is 0. The third kappa shape index (κ3) is 12.3. The van der Waals surface area contributed by atoms with Gasteiger partial charge in [-0.2, -0.15) is 0 Å². The molecule has 0 spiro atoms. The first kappa shape index (κ1) is 46.3. The van der Waals surface area contributed by atoms with E-state index in [1.165, 1.54) is 0 Å². The van der Waals surface area contributed by atoms with Crippen molar-refractivity contribution in [3.8, 4) is 11.8 Å². The number of aliphatic hydroxyl groups is 1. The number of benzene rings is 4. The molecule has 3 aliphatic heterocycles. The zero-order valence-electron chi connectivity index (χ0n) is 36.2. The molecule has 1 saturated heterocycles. The number of rotatable bonds is 20. The van der Waals surface area contributed by atoms with E-state index in [1.807, 2.05) is 67.6 Å². The van der Waals surface area contributed by atoms with E-state index < -0.39 is 18.2 Å². The molecule has 3 heterocycles. The number of aliphatic hydroxyl groups excluding tert-OH is 1. The molecular weight excluding hydrogens is 831 g/mol. The van der Waals surface area contributed by atoms with Gasteiger partial charge in [0.05, 0.1) is 69.1 Å². The molecule has 2 atom stereocenters. The van der Waals surface area contributed by atoms with Crippen molar-refractivity contribution in [2.45, 2.75) is 51.5 Å². The van der Waals surface area contributed by atoms with Crippen molar-refractivity contribution < 1.29 is 43.3 Å². The Hall–Kier alpha value is -6.71. The third-order valence-electron chi connectivity index (χ3n) is 11.0. The van der Waals surface area contributed by atoms with Crippen LogP contribution in [0.5, 0.6) is 0 Å². The molecule has 5 amide bonds. The summed E-state index contributed by atoms with van der Waals surface area (Å²) in [5, 5.41) is 28.6. The molecule has 4 aromatic rings. The Balaban J connectivity index is 0.766. The molecule has 4 aromatic carbocycles. The van der Waals surface area contributed by atoms with Crippen molar-refractivity contribution in [1.82, 2.24) is 20.9 Å². The SMILES string of the molecule is CCNC(=O)C#Cc1ccc2c(c1)NC(=O)/C2=C(\Nc1ccc(CNCCOCCOCCOCCC(=O)Nc2cccc3c2CN(C2CCC(=O)NC2=O)C3O)cc1)c1ccccc1. The highest BCUT2D eigenvalue weighted by Gasteiger charge is 2.40. The maximum Gasteiger partial charge on any atom is 0.296 e. The molecule has 16 heteroatoms. The first-order valence-corrected chi connectivity index (χ1v) is 21.7. The topological polar surface area (TPSA) is 209 Å². The average molecular weight is 884 g/mol. The lowest BCUT2D eigenvalue weighted by Crippen LogP contribution is -2.51. The summed E-state index contributed by atoms with van der Waals surface area (Å²) in [5.41, 5.74) is 7.85. The second kappa shape index (κ2) is 22.8. The van der Waals surface area contributed by atoms with Crippen LogP contribution in [0, 0.1) is 11.8 Å². The van der Waals surface area contributed by atoms with E-state index in [9.17, 15) is 29.1 Å². The molecular formula is C49H53N7O9. The quantitative estimate of drug-likeness (QED) is 0.0292. The predicted octanol–water partition coefficient (Wildman–Crippen LogP) is 3.89. The lowest BCUT2D eigenvalue weighted by Gasteiger charge is -2.31. The van der Waals surface area contributed by atoms with Gasteiger partial charge in [0.25, 0.3) is 11.8 Å². The smallest absolute Gasteiger partial charge is 0.296 e. The van der Waals surface area contributed by atoms with E-state index in [0.29, 0.717) is 92.9 Å². The van der Waals surface area contributed by atoms with Crippen molar-refractivity contribution >= 4 is 57.9 Å². The summed E-state index contributed by atoms with van der Waals surface area (Å²) in [6.45, 7) is 6.11. The van der Waals surface area contributed by atoms with Crippen molar-refractivity contribution in [3.05, 3.63) is 124 Å². The largest absolute Gasteiger partial charge is 0.379 e. The molecule has 16 nitrogen and oxygen atoms in total. The van der Waals surface area contributed by atoms with Gasteiger partial charge in [0.15, 0.2) is 0 Å². The third-order valence-corrected chi connectivity index (χ3v) is 11.0. The molecule has 1 fully saturated rings. The van der Waals surface area contributed by atoms with Crippen molar-refractivity contribution in [3.63, 3.8) is 0 Å². The van der Waals surface area contributed by atoms with Gasteiger partial charge < -0.3 is 45.9 Å². The van der Waals surface area contributed by atoms with Gasteiger partial charge in [0, 0.05) is 66.6 Å². The Morgan fingerprint density at radius 2 is 1.60 bits per heavy atom. The van der Waals surface area contributed by atoms with Gasteiger partial charge in [-0.15, -0.1) is 0 Å². The van der Waals surface area contributed by atoms with Gasteiger partial charge in [-0.1, -0.05) is 66.6 Å². The van der Waals surface area contributed by atoms with E-state index in [0.717, 1.165) is 27.9 Å². The molecule has 0 aromatic heterocycles. The number of piperidine rings is 1. The Bertz CT molecular complexity index is 2470. The average Bonchev–Trinajstić information content (AvgIpc) is 3.82. The molecule has 7 rings (SSSR count). The van der Waals surface area contributed by atoms with Gasteiger partial charge in [-0.05, 0) is 60.4 Å². The fourth-order valence-corrected chi connectivity index (χ4v) is 7.73. The van der Waals surface area contributed by atoms with E-state index in [2.05, 4.69) is 43.7 Å². The van der Waals surface area contributed by atoms with E-state index >= 15 is 0 Å². The summed E-state index contributed by atoms with van der Waals surface area (Å²) in [6.07, 6.45) is -0.352. The zero-order chi connectivity index (χ0) is 45.5. The van der Waals surface area contributed by atoms with Gasteiger partial charge in [0.2, 0.25) is 17.7 Å². The summed E-state index contributed by atoms with van der Waals surface area (Å²) in [6, 6.07) is 27.8. The highest BCUT2D eigenvalue weighted by molar-refractivity contribution is 6.37. The van der Waals surface area contributed by atoms with Crippen LogP contribution in [0.4, 0.5) is 17.1 Å². The maximum atomic E-state index is 13.4. The fourth-order valence-electron chi connectivity index (χ4n) is 7.73. The van der Waals surface area contributed by atoms with Crippen LogP contribution in [0.25, 0.3) is 11.3 Å². The van der Waals surface area contributed by atoms with Crippen LogP contribution in [-0.2, 0) is 51.3 Å². The number of carbonyl (C=O) groups is 5. The fraction of sp³-hybridized carbons (Fsp3) is 0.327. The number of ether oxygens (including phenoxy) is 3. The summed E-state index contributed by atoms with van der Waals surface area (Å²) in [5.74, 6) is 3.86. The minimum atomic E-state index is -1.01. The molecule has 0 bridgehead atoms.